The van der Waals surface area contributed by atoms with Crippen molar-refractivity contribution in [2.24, 2.45) is 5.41 Å². The fraction of sp³-hybridized carbons (Fsp3) is 0.667. The molecule has 2 rings (SSSR count). The average molecular weight is 297 g/mol. The Morgan fingerprint density at radius 2 is 2.35 bits per heavy atom. The number of amides is 1. The molecule has 1 aromatic heterocycles. The summed E-state index contributed by atoms with van der Waals surface area (Å²) in [6, 6.07) is 3.87. The summed E-state index contributed by atoms with van der Waals surface area (Å²) < 4.78 is 5.61. The SMILES string of the molecule is CCO[C@@H]1C[C@](O)(CNC(=O)Cc2cccs2)C1(C)C. The van der Waals surface area contributed by atoms with Crippen molar-refractivity contribution >= 4 is 17.2 Å². The number of aliphatic hydroxyl groups is 1. The van der Waals surface area contributed by atoms with Gasteiger partial charge in [-0.05, 0) is 18.4 Å². The molecular formula is C15H23NO3S. The Hall–Kier alpha value is -0.910. The first-order chi connectivity index (χ1) is 9.39. The van der Waals surface area contributed by atoms with Crippen molar-refractivity contribution in [1.29, 1.82) is 0 Å². The second-order valence-corrected chi connectivity index (χ2v) is 6.97. The number of carbonyl (C=O) groups excluding carboxylic acids is 1. The van der Waals surface area contributed by atoms with Crippen LogP contribution in [0.5, 0.6) is 0 Å². The fourth-order valence-electron chi connectivity index (χ4n) is 2.64. The van der Waals surface area contributed by atoms with E-state index in [0.29, 0.717) is 19.4 Å². The summed E-state index contributed by atoms with van der Waals surface area (Å²) in [5.74, 6) is -0.0449. The van der Waals surface area contributed by atoms with Gasteiger partial charge in [0.1, 0.15) is 0 Å². The molecule has 1 fully saturated rings. The number of hydrogen-bond acceptors (Lipinski definition) is 4. The van der Waals surface area contributed by atoms with E-state index in [1.807, 2.05) is 38.3 Å². The van der Waals surface area contributed by atoms with Crippen LogP contribution >= 0.6 is 11.3 Å². The van der Waals surface area contributed by atoms with Gasteiger partial charge in [-0.3, -0.25) is 4.79 Å². The topological polar surface area (TPSA) is 58.6 Å². The van der Waals surface area contributed by atoms with Crippen LogP contribution in [0.2, 0.25) is 0 Å². The Morgan fingerprint density at radius 3 is 2.90 bits per heavy atom. The third kappa shape index (κ3) is 2.90. The molecule has 0 saturated heterocycles. The van der Waals surface area contributed by atoms with E-state index in [1.54, 1.807) is 11.3 Å². The number of rotatable bonds is 6. The van der Waals surface area contributed by atoms with E-state index in [1.165, 1.54) is 0 Å². The van der Waals surface area contributed by atoms with Crippen LogP contribution in [0.3, 0.4) is 0 Å². The zero-order valence-corrected chi connectivity index (χ0v) is 13.1. The van der Waals surface area contributed by atoms with Gasteiger partial charge in [0.2, 0.25) is 5.91 Å². The third-order valence-corrected chi connectivity index (χ3v) is 5.26. The molecule has 0 bridgehead atoms. The first-order valence-electron chi connectivity index (χ1n) is 7.02. The summed E-state index contributed by atoms with van der Waals surface area (Å²) in [4.78, 5) is 12.9. The predicted octanol–water partition coefficient (Wildman–Crippen LogP) is 1.97. The first-order valence-corrected chi connectivity index (χ1v) is 7.90. The lowest BCUT2D eigenvalue weighted by atomic mass is 9.56. The van der Waals surface area contributed by atoms with E-state index in [4.69, 9.17) is 4.74 Å². The molecule has 1 saturated carbocycles. The van der Waals surface area contributed by atoms with Crippen LogP contribution in [-0.4, -0.2) is 35.9 Å². The van der Waals surface area contributed by atoms with Crippen LogP contribution in [0.4, 0.5) is 0 Å². The van der Waals surface area contributed by atoms with Crippen LogP contribution in [0.15, 0.2) is 17.5 Å². The zero-order chi connectivity index (χ0) is 14.8. The molecule has 0 radical (unpaired) electrons. The van der Waals surface area contributed by atoms with E-state index < -0.39 is 5.60 Å². The summed E-state index contributed by atoms with van der Waals surface area (Å²) in [6.07, 6.45) is 1.02. The number of ether oxygens (including phenoxy) is 1. The minimum absolute atomic E-state index is 0.0449. The van der Waals surface area contributed by atoms with Crippen molar-refractivity contribution in [3.8, 4) is 0 Å². The summed E-state index contributed by atoms with van der Waals surface area (Å²) in [7, 11) is 0. The Balaban J connectivity index is 1.83. The van der Waals surface area contributed by atoms with E-state index in [0.717, 1.165) is 4.88 Å². The summed E-state index contributed by atoms with van der Waals surface area (Å²) in [5, 5.41) is 15.4. The molecule has 5 heteroatoms. The Bertz CT molecular complexity index is 458. The van der Waals surface area contributed by atoms with Crippen LogP contribution in [0, 0.1) is 5.41 Å². The molecular weight excluding hydrogens is 274 g/mol. The second-order valence-electron chi connectivity index (χ2n) is 5.93. The van der Waals surface area contributed by atoms with Gasteiger partial charge in [-0.15, -0.1) is 11.3 Å². The zero-order valence-electron chi connectivity index (χ0n) is 12.3. The van der Waals surface area contributed by atoms with Crippen LogP contribution in [-0.2, 0) is 16.0 Å². The lowest BCUT2D eigenvalue weighted by Gasteiger charge is -2.57. The highest BCUT2D eigenvalue weighted by molar-refractivity contribution is 7.10. The third-order valence-electron chi connectivity index (χ3n) is 4.39. The molecule has 2 N–H and O–H groups in total. The molecule has 112 valence electrons. The lowest BCUT2D eigenvalue weighted by molar-refractivity contribution is -0.238. The van der Waals surface area contributed by atoms with Gasteiger partial charge in [-0.25, -0.2) is 0 Å². The normalized spacial score (nSPS) is 27.9. The van der Waals surface area contributed by atoms with Gasteiger partial charge in [-0.1, -0.05) is 19.9 Å². The molecule has 0 unspecified atom stereocenters. The second kappa shape index (κ2) is 5.84. The molecule has 0 spiro atoms. The van der Waals surface area contributed by atoms with Crippen molar-refractivity contribution < 1.29 is 14.6 Å². The largest absolute Gasteiger partial charge is 0.387 e. The van der Waals surface area contributed by atoms with Crippen molar-refractivity contribution in [2.75, 3.05) is 13.2 Å². The lowest BCUT2D eigenvalue weighted by Crippen LogP contribution is -2.68. The van der Waals surface area contributed by atoms with Crippen molar-refractivity contribution in [3.05, 3.63) is 22.4 Å². The molecule has 1 aromatic rings. The Kier molecular flexibility index (Phi) is 4.52. The smallest absolute Gasteiger partial charge is 0.225 e. The summed E-state index contributed by atoms with van der Waals surface area (Å²) >= 11 is 1.57. The van der Waals surface area contributed by atoms with Gasteiger partial charge in [0.05, 0.1) is 18.1 Å². The average Bonchev–Trinajstić information content (AvgIpc) is 2.89. The number of nitrogens with one attached hydrogen (secondary N) is 1. The quantitative estimate of drug-likeness (QED) is 0.844. The summed E-state index contributed by atoms with van der Waals surface area (Å²) in [5.41, 5.74) is -1.21. The van der Waals surface area contributed by atoms with E-state index in [-0.39, 0.29) is 24.0 Å². The highest BCUT2D eigenvalue weighted by Gasteiger charge is 2.59. The van der Waals surface area contributed by atoms with Gasteiger partial charge < -0.3 is 15.2 Å². The first kappa shape index (κ1) is 15.5. The van der Waals surface area contributed by atoms with E-state index >= 15 is 0 Å². The predicted molar refractivity (Wildman–Crippen MR) is 79.8 cm³/mol. The summed E-state index contributed by atoms with van der Waals surface area (Å²) in [6.45, 7) is 6.86. The van der Waals surface area contributed by atoms with E-state index in [2.05, 4.69) is 5.32 Å². The van der Waals surface area contributed by atoms with Gasteiger partial charge in [0.25, 0.3) is 0 Å². The van der Waals surface area contributed by atoms with Crippen LogP contribution in [0.1, 0.15) is 32.1 Å². The standard InChI is InChI=1S/C15H23NO3S/c1-4-19-12-9-15(18,14(12,2)3)10-16-13(17)8-11-6-5-7-20-11/h5-7,12,18H,4,8-10H2,1-3H3,(H,16,17)/t12-,15+/m1/s1. The molecule has 20 heavy (non-hydrogen) atoms. The number of carbonyl (C=O) groups is 1. The minimum Gasteiger partial charge on any atom is -0.387 e. The van der Waals surface area contributed by atoms with Crippen molar-refractivity contribution in [1.82, 2.24) is 5.32 Å². The number of hydrogen-bond donors (Lipinski definition) is 2. The molecule has 2 atom stereocenters. The van der Waals surface area contributed by atoms with Crippen molar-refractivity contribution in [2.45, 2.75) is 45.3 Å². The maximum absolute atomic E-state index is 11.9. The van der Waals surface area contributed by atoms with E-state index in [9.17, 15) is 9.90 Å². The molecule has 1 aliphatic rings. The van der Waals surface area contributed by atoms with Gasteiger partial charge in [0, 0.05) is 29.9 Å². The van der Waals surface area contributed by atoms with Crippen LogP contribution in [0.25, 0.3) is 0 Å². The van der Waals surface area contributed by atoms with Crippen molar-refractivity contribution in [3.63, 3.8) is 0 Å². The maximum Gasteiger partial charge on any atom is 0.225 e. The highest BCUT2D eigenvalue weighted by Crippen LogP contribution is 2.50. The molecule has 1 amide bonds. The van der Waals surface area contributed by atoms with Gasteiger partial charge >= 0.3 is 0 Å². The number of thiophene rings is 1. The Morgan fingerprint density at radius 1 is 1.60 bits per heavy atom. The monoisotopic (exact) mass is 297 g/mol. The fourth-order valence-corrected chi connectivity index (χ4v) is 3.34. The van der Waals surface area contributed by atoms with Gasteiger partial charge in [0.15, 0.2) is 0 Å². The highest BCUT2D eigenvalue weighted by atomic mass is 32.1. The molecule has 4 nitrogen and oxygen atoms in total. The molecule has 1 aliphatic carbocycles. The molecule has 0 aromatic carbocycles. The minimum atomic E-state index is -0.877. The van der Waals surface area contributed by atoms with Crippen LogP contribution < -0.4 is 5.32 Å². The Labute approximate surface area is 124 Å². The maximum atomic E-state index is 11.9. The molecule has 0 aliphatic heterocycles. The van der Waals surface area contributed by atoms with Gasteiger partial charge in [-0.2, -0.15) is 0 Å². The molecule has 1 heterocycles.